The van der Waals surface area contributed by atoms with E-state index < -0.39 is 0 Å². The van der Waals surface area contributed by atoms with Gasteiger partial charge in [0.05, 0.1) is 0 Å². The van der Waals surface area contributed by atoms with Crippen LogP contribution in [0.3, 0.4) is 0 Å². The summed E-state index contributed by atoms with van der Waals surface area (Å²) in [7, 11) is 2.10. The lowest BCUT2D eigenvalue weighted by Gasteiger charge is -2.18. The number of benzene rings is 1. The van der Waals surface area contributed by atoms with Crippen LogP contribution in [0.1, 0.15) is 49.8 Å². The third-order valence-electron chi connectivity index (χ3n) is 4.15. The summed E-state index contributed by atoms with van der Waals surface area (Å²) >= 11 is 0. The van der Waals surface area contributed by atoms with Gasteiger partial charge in [-0.05, 0) is 68.2 Å². The van der Waals surface area contributed by atoms with Gasteiger partial charge in [-0.25, -0.2) is 0 Å². The van der Waals surface area contributed by atoms with Crippen molar-refractivity contribution in [3.05, 3.63) is 34.9 Å². The van der Waals surface area contributed by atoms with Crippen molar-refractivity contribution in [3.8, 4) is 0 Å². The normalized spacial score (nSPS) is 16.0. The Morgan fingerprint density at radius 3 is 2.61 bits per heavy atom. The van der Waals surface area contributed by atoms with Gasteiger partial charge in [0, 0.05) is 6.04 Å². The van der Waals surface area contributed by atoms with E-state index >= 15 is 0 Å². The highest BCUT2D eigenvalue weighted by Crippen LogP contribution is 2.23. The summed E-state index contributed by atoms with van der Waals surface area (Å²) in [5.74, 6) is 0.806. The highest BCUT2D eigenvalue weighted by molar-refractivity contribution is 5.35. The van der Waals surface area contributed by atoms with Gasteiger partial charge in [-0.3, -0.25) is 0 Å². The van der Waals surface area contributed by atoms with E-state index in [2.05, 4.69) is 44.4 Å². The van der Waals surface area contributed by atoms with E-state index in [4.69, 9.17) is 0 Å². The number of hydrogen-bond acceptors (Lipinski definition) is 1. The highest BCUT2D eigenvalue weighted by Gasteiger charge is 2.13. The molecule has 1 aromatic rings. The lowest BCUT2D eigenvalue weighted by molar-refractivity contribution is 0.450. The molecule has 100 valence electrons. The predicted octanol–water partition coefficient (Wildman–Crippen LogP) is 3.74. The molecule has 0 radical (unpaired) electrons. The van der Waals surface area contributed by atoms with Gasteiger partial charge >= 0.3 is 0 Å². The van der Waals surface area contributed by atoms with Crippen LogP contribution in [0.2, 0.25) is 0 Å². The second kappa shape index (κ2) is 6.38. The predicted molar refractivity (Wildman–Crippen MR) is 79.1 cm³/mol. The molecule has 1 aliphatic rings. The van der Waals surface area contributed by atoms with E-state index in [0.717, 1.165) is 5.92 Å². The zero-order valence-electron chi connectivity index (χ0n) is 12.1. The molecule has 1 aromatic carbocycles. The van der Waals surface area contributed by atoms with Crippen LogP contribution in [0.5, 0.6) is 0 Å². The summed E-state index contributed by atoms with van der Waals surface area (Å²) in [5, 5.41) is 3.47. The molecule has 0 saturated carbocycles. The highest BCUT2D eigenvalue weighted by atomic mass is 14.9. The Morgan fingerprint density at radius 2 is 1.89 bits per heavy atom. The molecule has 1 heteroatoms. The molecule has 0 saturated heterocycles. The summed E-state index contributed by atoms with van der Waals surface area (Å²) < 4.78 is 0. The van der Waals surface area contributed by atoms with Gasteiger partial charge in [0.15, 0.2) is 0 Å². The number of nitrogens with one attached hydrogen (secondary N) is 1. The summed E-state index contributed by atoms with van der Waals surface area (Å²) in [6, 6.07) is 7.77. The fourth-order valence-corrected chi connectivity index (χ4v) is 2.92. The van der Waals surface area contributed by atoms with Gasteiger partial charge < -0.3 is 5.32 Å². The maximum absolute atomic E-state index is 3.47. The SMILES string of the molecule is CNC(CCC(C)C)Cc1ccc2c(c1)CCC2. The smallest absolute Gasteiger partial charge is 0.0105 e. The van der Waals surface area contributed by atoms with E-state index in [0.29, 0.717) is 6.04 Å². The molecule has 18 heavy (non-hydrogen) atoms. The molecule has 0 amide bonds. The molecule has 0 heterocycles. The molecular weight excluding hydrogens is 218 g/mol. The van der Waals surface area contributed by atoms with Crippen LogP contribution in [0.4, 0.5) is 0 Å². The molecule has 1 atom stereocenters. The monoisotopic (exact) mass is 245 g/mol. The Hall–Kier alpha value is -0.820. The second-order valence-electron chi connectivity index (χ2n) is 6.12. The molecule has 0 spiro atoms. The van der Waals surface area contributed by atoms with Crippen molar-refractivity contribution in [2.75, 3.05) is 7.05 Å². The van der Waals surface area contributed by atoms with Crippen LogP contribution >= 0.6 is 0 Å². The maximum Gasteiger partial charge on any atom is 0.0105 e. The molecule has 2 rings (SSSR count). The number of rotatable bonds is 6. The van der Waals surface area contributed by atoms with Gasteiger partial charge in [-0.2, -0.15) is 0 Å². The van der Waals surface area contributed by atoms with Crippen LogP contribution in [0.25, 0.3) is 0 Å². The molecule has 1 N–H and O–H groups in total. The van der Waals surface area contributed by atoms with E-state index in [1.54, 1.807) is 11.1 Å². The summed E-state index contributed by atoms with van der Waals surface area (Å²) in [5.41, 5.74) is 4.70. The standard InChI is InChI=1S/C17H27N/c1-13(2)7-10-17(18-3)12-14-8-9-15-5-4-6-16(15)11-14/h8-9,11,13,17-18H,4-7,10,12H2,1-3H3. The molecule has 0 bridgehead atoms. The summed E-state index contributed by atoms with van der Waals surface area (Å²) in [6.07, 6.45) is 7.71. The molecular formula is C17H27N. The minimum Gasteiger partial charge on any atom is -0.317 e. The Kier molecular flexibility index (Phi) is 4.82. The first-order valence-corrected chi connectivity index (χ1v) is 7.47. The largest absolute Gasteiger partial charge is 0.317 e. The van der Waals surface area contributed by atoms with Crippen molar-refractivity contribution in [2.24, 2.45) is 5.92 Å². The van der Waals surface area contributed by atoms with Crippen LogP contribution in [0.15, 0.2) is 18.2 Å². The first kappa shape index (κ1) is 13.6. The Morgan fingerprint density at radius 1 is 1.11 bits per heavy atom. The van der Waals surface area contributed by atoms with Gasteiger partial charge in [-0.1, -0.05) is 32.0 Å². The fraction of sp³-hybridized carbons (Fsp3) is 0.647. The van der Waals surface area contributed by atoms with Crippen molar-refractivity contribution in [3.63, 3.8) is 0 Å². The van der Waals surface area contributed by atoms with Gasteiger partial charge in [0.2, 0.25) is 0 Å². The second-order valence-corrected chi connectivity index (χ2v) is 6.12. The molecule has 0 fully saturated rings. The van der Waals surface area contributed by atoms with E-state index in [-0.39, 0.29) is 0 Å². The average Bonchev–Trinajstić information content (AvgIpc) is 2.81. The van der Waals surface area contributed by atoms with Crippen molar-refractivity contribution in [1.29, 1.82) is 0 Å². The molecule has 0 aromatic heterocycles. The molecule has 1 nitrogen and oxygen atoms in total. The number of aryl methyl sites for hydroxylation is 2. The Labute approximate surface area is 112 Å². The van der Waals surface area contributed by atoms with Crippen LogP contribution in [-0.4, -0.2) is 13.1 Å². The van der Waals surface area contributed by atoms with Gasteiger partial charge in [0.25, 0.3) is 0 Å². The number of hydrogen-bond donors (Lipinski definition) is 1. The first-order chi connectivity index (χ1) is 8.69. The lowest BCUT2D eigenvalue weighted by Crippen LogP contribution is -2.28. The Balaban J connectivity index is 1.94. The van der Waals surface area contributed by atoms with Crippen molar-refractivity contribution in [2.45, 2.75) is 58.4 Å². The van der Waals surface area contributed by atoms with Crippen LogP contribution in [-0.2, 0) is 19.3 Å². The maximum atomic E-state index is 3.47. The lowest BCUT2D eigenvalue weighted by atomic mass is 9.96. The van der Waals surface area contributed by atoms with E-state index in [1.165, 1.54) is 44.1 Å². The van der Waals surface area contributed by atoms with E-state index in [9.17, 15) is 0 Å². The first-order valence-electron chi connectivity index (χ1n) is 7.47. The molecule has 0 aliphatic heterocycles. The van der Waals surface area contributed by atoms with Crippen molar-refractivity contribution < 1.29 is 0 Å². The van der Waals surface area contributed by atoms with Crippen LogP contribution < -0.4 is 5.32 Å². The average molecular weight is 245 g/mol. The third-order valence-corrected chi connectivity index (χ3v) is 4.15. The van der Waals surface area contributed by atoms with Gasteiger partial charge in [0.1, 0.15) is 0 Å². The third kappa shape index (κ3) is 3.58. The fourth-order valence-electron chi connectivity index (χ4n) is 2.92. The Bertz CT molecular complexity index is 381. The number of fused-ring (bicyclic) bond motifs is 1. The minimum atomic E-state index is 0.631. The van der Waals surface area contributed by atoms with Crippen molar-refractivity contribution in [1.82, 2.24) is 5.32 Å². The summed E-state index contributed by atoms with van der Waals surface area (Å²) in [6.45, 7) is 4.62. The zero-order chi connectivity index (χ0) is 13.0. The zero-order valence-corrected chi connectivity index (χ0v) is 12.1. The van der Waals surface area contributed by atoms with Crippen molar-refractivity contribution >= 4 is 0 Å². The van der Waals surface area contributed by atoms with Gasteiger partial charge in [-0.15, -0.1) is 0 Å². The van der Waals surface area contributed by atoms with E-state index in [1.807, 2.05) is 0 Å². The number of likely N-dealkylation sites (N-methyl/N-ethyl adjacent to an activating group) is 1. The minimum absolute atomic E-state index is 0.631. The summed E-state index contributed by atoms with van der Waals surface area (Å²) in [4.78, 5) is 0. The molecule has 1 aliphatic carbocycles. The van der Waals surface area contributed by atoms with Crippen LogP contribution in [0, 0.1) is 5.92 Å². The quantitative estimate of drug-likeness (QED) is 0.805. The topological polar surface area (TPSA) is 12.0 Å². The molecule has 1 unspecified atom stereocenters.